The fourth-order valence-corrected chi connectivity index (χ4v) is 4.97. The third-order valence-electron chi connectivity index (χ3n) is 6.54. The van der Waals surface area contributed by atoms with Crippen LogP contribution in [0.1, 0.15) is 11.4 Å². The van der Waals surface area contributed by atoms with E-state index in [4.69, 9.17) is 4.74 Å². The molecular formula is C22H25N5O3. The van der Waals surface area contributed by atoms with Crippen molar-refractivity contribution < 1.29 is 14.3 Å². The Kier molecular flexibility index (Phi) is 4.47. The van der Waals surface area contributed by atoms with Crippen LogP contribution in [-0.4, -0.2) is 68.0 Å². The van der Waals surface area contributed by atoms with Crippen LogP contribution in [0.5, 0.6) is 0 Å². The normalized spacial score (nSPS) is 28.9. The van der Waals surface area contributed by atoms with Gasteiger partial charge in [0.1, 0.15) is 11.4 Å². The molecule has 1 spiro atoms. The van der Waals surface area contributed by atoms with Gasteiger partial charge in [0.05, 0.1) is 24.5 Å². The summed E-state index contributed by atoms with van der Waals surface area (Å²) in [4.78, 5) is 38.5. The number of carbonyl (C=O) groups excluding carboxylic acids is 2. The van der Waals surface area contributed by atoms with Gasteiger partial charge in [-0.05, 0) is 18.6 Å². The van der Waals surface area contributed by atoms with Gasteiger partial charge in [-0.1, -0.05) is 18.2 Å². The zero-order chi connectivity index (χ0) is 20.9. The zero-order valence-electron chi connectivity index (χ0n) is 17.1. The van der Waals surface area contributed by atoms with Crippen LogP contribution in [0.4, 0.5) is 0 Å². The van der Waals surface area contributed by atoms with Crippen LogP contribution in [0.2, 0.25) is 0 Å². The number of carbonyl (C=O) groups is 2. The lowest BCUT2D eigenvalue weighted by Gasteiger charge is -2.28. The van der Waals surface area contributed by atoms with E-state index in [0.29, 0.717) is 26.2 Å². The molecule has 30 heavy (non-hydrogen) atoms. The van der Waals surface area contributed by atoms with Crippen molar-refractivity contribution in [2.75, 3.05) is 20.1 Å². The summed E-state index contributed by atoms with van der Waals surface area (Å²) in [5, 5.41) is 0. The number of pyridine rings is 1. The third-order valence-corrected chi connectivity index (χ3v) is 6.54. The quantitative estimate of drug-likeness (QED) is 0.668. The van der Waals surface area contributed by atoms with Crippen molar-refractivity contribution in [3.8, 4) is 0 Å². The van der Waals surface area contributed by atoms with E-state index < -0.39 is 17.4 Å². The summed E-state index contributed by atoms with van der Waals surface area (Å²) in [5.41, 5.74) is 0.281. The molecule has 2 saturated heterocycles. The molecule has 8 heteroatoms. The lowest BCUT2D eigenvalue weighted by atomic mass is 9.76. The van der Waals surface area contributed by atoms with Gasteiger partial charge in [0.2, 0.25) is 11.8 Å². The minimum absolute atomic E-state index is 0.0112. The second-order valence-corrected chi connectivity index (χ2v) is 8.38. The molecular weight excluding hydrogens is 382 g/mol. The number of likely N-dealkylation sites (N-methyl/N-ethyl adjacent to an activating group) is 1. The number of nitrogens with zero attached hydrogens (tertiary/aromatic N) is 5. The first-order chi connectivity index (χ1) is 14.5. The Bertz CT molecular complexity index is 1000. The highest BCUT2D eigenvalue weighted by Crippen LogP contribution is 2.52. The highest BCUT2D eigenvalue weighted by molar-refractivity contribution is 5.93. The monoisotopic (exact) mass is 407 g/mol. The Morgan fingerprint density at radius 2 is 2.27 bits per heavy atom. The molecule has 5 heterocycles. The van der Waals surface area contributed by atoms with Crippen LogP contribution in [0.3, 0.4) is 0 Å². The van der Waals surface area contributed by atoms with Crippen molar-refractivity contribution in [1.82, 2.24) is 24.3 Å². The smallest absolute Gasteiger partial charge is 0.230 e. The molecule has 2 aromatic heterocycles. The summed E-state index contributed by atoms with van der Waals surface area (Å²) < 4.78 is 8.24. The third kappa shape index (κ3) is 2.94. The van der Waals surface area contributed by atoms with Crippen LogP contribution < -0.4 is 0 Å². The first-order valence-electron chi connectivity index (χ1n) is 10.3. The number of ether oxygens (including phenoxy) is 1. The maximum atomic E-state index is 13.3. The molecule has 2 fully saturated rings. The van der Waals surface area contributed by atoms with Crippen molar-refractivity contribution in [2.24, 2.45) is 11.8 Å². The van der Waals surface area contributed by atoms with Crippen molar-refractivity contribution in [1.29, 1.82) is 0 Å². The number of imidazole rings is 1. The minimum Gasteiger partial charge on any atom is -0.360 e. The maximum Gasteiger partial charge on any atom is 0.230 e. The fraction of sp³-hybridized carbons (Fsp3) is 0.455. The number of hydrogen-bond donors (Lipinski definition) is 0. The average molecular weight is 407 g/mol. The number of fused-ring (bicyclic) bond motifs is 1. The van der Waals surface area contributed by atoms with Gasteiger partial charge in [-0.2, -0.15) is 0 Å². The number of amides is 2. The van der Waals surface area contributed by atoms with Gasteiger partial charge < -0.3 is 19.1 Å². The zero-order valence-corrected chi connectivity index (χ0v) is 17.1. The van der Waals surface area contributed by atoms with Gasteiger partial charge >= 0.3 is 0 Å². The Labute approximate surface area is 175 Å². The lowest BCUT2D eigenvalue weighted by Crippen LogP contribution is -2.45. The van der Waals surface area contributed by atoms with Gasteiger partial charge in [0.15, 0.2) is 0 Å². The minimum atomic E-state index is -0.688. The van der Waals surface area contributed by atoms with Gasteiger partial charge in [-0.15, -0.1) is 0 Å². The standard InChI is InChI=1S/C22H25N5O3/c1-15-24-8-9-26(15)11-10-25(2)20(28)18-17-5-6-22(30-17)14-27(21(29)19(18)22)13-16-4-3-7-23-12-16/h3-9,12,17-19H,10-11,13-14H2,1-2H3/t17-,18-,19+,22-/m0/s1. The van der Waals surface area contributed by atoms with E-state index in [1.165, 1.54) is 0 Å². The van der Waals surface area contributed by atoms with Crippen molar-refractivity contribution in [3.63, 3.8) is 0 Å². The SMILES string of the molecule is Cc1nccn1CCN(C)C(=O)[C@H]1[C@@H]2C=C[C@@]3(CN(Cc4cccnc4)C(=O)[C@@H]13)O2. The van der Waals surface area contributed by atoms with E-state index in [9.17, 15) is 9.59 Å². The highest BCUT2D eigenvalue weighted by atomic mass is 16.5. The molecule has 2 bridgehead atoms. The second-order valence-electron chi connectivity index (χ2n) is 8.38. The van der Waals surface area contributed by atoms with E-state index in [-0.39, 0.29) is 17.9 Å². The van der Waals surface area contributed by atoms with Gasteiger partial charge in [-0.3, -0.25) is 14.6 Å². The van der Waals surface area contributed by atoms with E-state index in [1.54, 1.807) is 35.4 Å². The van der Waals surface area contributed by atoms with E-state index in [1.807, 2.05) is 42.0 Å². The lowest BCUT2D eigenvalue weighted by molar-refractivity contribution is -0.142. The number of rotatable bonds is 6. The molecule has 3 aliphatic heterocycles. The number of hydrogen-bond acceptors (Lipinski definition) is 5. The van der Waals surface area contributed by atoms with Crippen LogP contribution in [0.15, 0.2) is 49.1 Å². The van der Waals surface area contributed by atoms with Crippen molar-refractivity contribution >= 4 is 11.8 Å². The van der Waals surface area contributed by atoms with Crippen molar-refractivity contribution in [3.05, 3.63) is 60.5 Å². The molecule has 0 N–H and O–H groups in total. The Morgan fingerprint density at radius 1 is 1.40 bits per heavy atom. The fourth-order valence-electron chi connectivity index (χ4n) is 4.97. The molecule has 3 aliphatic rings. The first kappa shape index (κ1) is 19.0. The number of likely N-dealkylation sites (tertiary alicyclic amines) is 1. The molecule has 5 rings (SSSR count). The summed E-state index contributed by atoms with van der Waals surface area (Å²) in [6.07, 6.45) is 10.8. The summed E-state index contributed by atoms with van der Waals surface area (Å²) in [5.74, 6) is -0.0733. The van der Waals surface area contributed by atoms with Crippen LogP contribution in [-0.2, 0) is 27.4 Å². The van der Waals surface area contributed by atoms with Crippen LogP contribution in [0, 0.1) is 18.8 Å². The van der Waals surface area contributed by atoms with Crippen LogP contribution in [0.25, 0.3) is 0 Å². The molecule has 4 atom stereocenters. The summed E-state index contributed by atoms with van der Waals surface area (Å²) in [7, 11) is 1.80. The van der Waals surface area contributed by atoms with Gasteiger partial charge in [-0.25, -0.2) is 4.98 Å². The molecule has 156 valence electrons. The van der Waals surface area contributed by atoms with E-state index >= 15 is 0 Å². The molecule has 2 aromatic rings. The van der Waals surface area contributed by atoms with Crippen LogP contribution >= 0.6 is 0 Å². The number of aromatic nitrogens is 3. The summed E-state index contributed by atoms with van der Waals surface area (Å²) >= 11 is 0. The first-order valence-corrected chi connectivity index (χ1v) is 10.3. The highest BCUT2D eigenvalue weighted by Gasteiger charge is 2.67. The number of aryl methyl sites for hydroxylation is 1. The van der Waals surface area contributed by atoms with Gasteiger partial charge in [0.25, 0.3) is 0 Å². The molecule has 0 radical (unpaired) electrons. The average Bonchev–Trinajstić information content (AvgIpc) is 3.48. The molecule has 2 amide bonds. The molecule has 0 aromatic carbocycles. The Morgan fingerprint density at radius 3 is 3.00 bits per heavy atom. The predicted molar refractivity (Wildman–Crippen MR) is 108 cm³/mol. The largest absolute Gasteiger partial charge is 0.360 e. The van der Waals surface area contributed by atoms with E-state index in [0.717, 1.165) is 11.4 Å². The Hall–Kier alpha value is -3.00. The molecule has 0 unspecified atom stereocenters. The molecule has 0 aliphatic carbocycles. The van der Waals surface area contributed by atoms with Crippen molar-refractivity contribution in [2.45, 2.75) is 31.7 Å². The maximum absolute atomic E-state index is 13.3. The molecule has 0 saturated carbocycles. The second kappa shape index (κ2) is 7.05. The topological polar surface area (TPSA) is 80.6 Å². The van der Waals surface area contributed by atoms with E-state index in [2.05, 4.69) is 9.97 Å². The Balaban J connectivity index is 1.31. The summed E-state index contributed by atoms with van der Waals surface area (Å²) in [6, 6.07) is 3.81. The predicted octanol–water partition coefficient (Wildman–Crippen LogP) is 1.03. The summed E-state index contributed by atoms with van der Waals surface area (Å²) in [6.45, 7) is 4.10. The molecule has 8 nitrogen and oxygen atoms in total. The van der Waals surface area contributed by atoms with Gasteiger partial charge in [0, 0.05) is 51.5 Å².